The molecule has 1 amide bonds. The molecule has 0 aliphatic heterocycles. The molecule has 0 saturated carbocycles. The van der Waals surface area contributed by atoms with Gasteiger partial charge in [0.1, 0.15) is 11.7 Å². The second-order valence-electron chi connectivity index (χ2n) is 4.66. The molecule has 4 N–H and O–H groups in total. The van der Waals surface area contributed by atoms with Gasteiger partial charge < -0.3 is 16.2 Å². The second-order valence-corrected chi connectivity index (χ2v) is 5.60. The fraction of sp³-hybridized carbons (Fsp3) is 0.583. The molecule has 0 fully saturated rings. The standard InChI is InChI=1S/C12H19N3O3S/c1-7(2)5-8(12(17)18)15-11(16)9-6-19-10(14-9)3-4-13/h6-8H,3-5,13H2,1-2H3,(H,15,16)(H,17,18). The Hall–Kier alpha value is -1.47. The van der Waals surface area contributed by atoms with Crippen molar-refractivity contribution in [3.63, 3.8) is 0 Å². The number of aliphatic carboxylic acids is 1. The summed E-state index contributed by atoms with van der Waals surface area (Å²) >= 11 is 1.35. The number of amides is 1. The number of nitrogens with two attached hydrogens (primary N) is 1. The van der Waals surface area contributed by atoms with E-state index in [9.17, 15) is 9.59 Å². The van der Waals surface area contributed by atoms with Gasteiger partial charge in [0.2, 0.25) is 0 Å². The zero-order chi connectivity index (χ0) is 14.4. The quantitative estimate of drug-likeness (QED) is 0.689. The molecule has 0 aliphatic carbocycles. The topological polar surface area (TPSA) is 105 Å². The fourth-order valence-electron chi connectivity index (χ4n) is 1.58. The number of carbonyl (C=O) groups excluding carboxylic acids is 1. The largest absolute Gasteiger partial charge is 0.480 e. The Bertz CT molecular complexity index is 445. The third-order valence-corrected chi connectivity index (χ3v) is 3.36. The van der Waals surface area contributed by atoms with E-state index < -0.39 is 17.9 Å². The van der Waals surface area contributed by atoms with E-state index in [0.717, 1.165) is 5.01 Å². The van der Waals surface area contributed by atoms with Crippen LogP contribution in [0, 0.1) is 5.92 Å². The van der Waals surface area contributed by atoms with Crippen LogP contribution in [0.1, 0.15) is 35.8 Å². The summed E-state index contributed by atoms with van der Waals surface area (Å²) in [5.74, 6) is -1.29. The number of aromatic nitrogens is 1. The van der Waals surface area contributed by atoms with Crippen LogP contribution in [-0.2, 0) is 11.2 Å². The minimum atomic E-state index is -1.03. The van der Waals surface area contributed by atoms with Gasteiger partial charge in [-0.2, -0.15) is 0 Å². The normalized spacial score (nSPS) is 12.4. The molecule has 0 spiro atoms. The van der Waals surface area contributed by atoms with Crippen LogP contribution >= 0.6 is 11.3 Å². The number of hydrogen-bond acceptors (Lipinski definition) is 5. The van der Waals surface area contributed by atoms with Gasteiger partial charge in [-0.25, -0.2) is 9.78 Å². The number of nitrogens with zero attached hydrogens (tertiary/aromatic N) is 1. The first-order valence-corrected chi connectivity index (χ1v) is 7.00. The summed E-state index contributed by atoms with van der Waals surface area (Å²) in [7, 11) is 0. The Morgan fingerprint density at radius 3 is 2.74 bits per heavy atom. The van der Waals surface area contributed by atoms with Gasteiger partial charge in [-0.15, -0.1) is 11.3 Å². The van der Waals surface area contributed by atoms with Crippen molar-refractivity contribution in [3.05, 3.63) is 16.1 Å². The molecule has 0 saturated heterocycles. The zero-order valence-electron chi connectivity index (χ0n) is 11.0. The van der Waals surface area contributed by atoms with Gasteiger partial charge >= 0.3 is 5.97 Å². The first-order valence-electron chi connectivity index (χ1n) is 6.12. The average molecular weight is 285 g/mol. The highest BCUT2D eigenvalue weighted by Gasteiger charge is 2.22. The number of carboxylic acid groups (broad SMARTS) is 1. The predicted octanol–water partition coefficient (Wildman–Crippen LogP) is 0.873. The molecule has 1 atom stereocenters. The van der Waals surface area contributed by atoms with Crippen molar-refractivity contribution in [3.8, 4) is 0 Å². The molecule has 1 aromatic rings. The molecular formula is C12H19N3O3S. The first kappa shape index (κ1) is 15.6. The average Bonchev–Trinajstić information content (AvgIpc) is 2.76. The van der Waals surface area contributed by atoms with Crippen LogP contribution in [0.3, 0.4) is 0 Å². The lowest BCUT2D eigenvalue weighted by atomic mass is 10.0. The van der Waals surface area contributed by atoms with Crippen LogP contribution in [0.25, 0.3) is 0 Å². The molecule has 0 aliphatic rings. The highest BCUT2D eigenvalue weighted by Crippen LogP contribution is 2.11. The SMILES string of the molecule is CC(C)CC(NC(=O)c1csc(CCN)n1)C(=O)O. The van der Waals surface area contributed by atoms with Crippen LogP contribution in [0.2, 0.25) is 0 Å². The lowest BCUT2D eigenvalue weighted by Gasteiger charge is -2.15. The third-order valence-electron chi connectivity index (χ3n) is 2.45. The number of rotatable bonds is 7. The van der Waals surface area contributed by atoms with Crippen molar-refractivity contribution in [1.82, 2.24) is 10.3 Å². The number of nitrogens with one attached hydrogen (secondary N) is 1. The molecule has 106 valence electrons. The molecule has 0 radical (unpaired) electrons. The lowest BCUT2D eigenvalue weighted by Crippen LogP contribution is -2.41. The molecule has 19 heavy (non-hydrogen) atoms. The Kier molecular flexibility index (Phi) is 5.91. The Labute approximate surface area is 116 Å². The molecule has 0 aromatic carbocycles. The minimum Gasteiger partial charge on any atom is -0.480 e. The van der Waals surface area contributed by atoms with Crippen molar-refractivity contribution in [2.24, 2.45) is 11.7 Å². The van der Waals surface area contributed by atoms with Crippen LogP contribution in [-0.4, -0.2) is 34.6 Å². The van der Waals surface area contributed by atoms with Gasteiger partial charge in [0.05, 0.1) is 5.01 Å². The van der Waals surface area contributed by atoms with E-state index >= 15 is 0 Å². The molecule has 1 rings (SSSR count). The summed E-state index contributed by atoms with van der Waals surface area (Å²) in [5, 5.41) is 14.0. The monoisotopic (exact) mass is 285 g/mol. The van der Waals surface area contributed by atoms with E-state index in [-0.39, 0.29) is 11.6 Å². The fourth-order valence-corrected chi connectivity index (χ4v) is 2.37. The Balaban J connectivity index is 2.67. The summed E-state index contributed by atoms with van der Waals surface area (Å²) in [6.45, 7) is 4.29. The summed E-state index contributed by atoms with van der Waals surface area (Å²) < 4.78 is 0. The van der Waals surface area contributed by atoms with Crippen LogP contribution < -0.4 is 11.1 Å². The van der Waals surface area contributed by atoms with E-state index in [4.69, 9.17) is 10.8 Å². The molecule has 1 heterocycles. The van der Waals surface area contributed by atoms with Crippen LogP contribution in [0.15, 0.2) is 5.38 Å². The van der Waals surface area contributed by atoms with E-state index in [1.165, 1.54) is 11.3 Å². The first-order chi connectivity index (χ1) is 8.93. The van der Waals surface area contributed by atoms with Gasteiger partial charge in [0.25, 0.3) is 5.91 Å². The van der Waals surface area contributed by atoms with Gasteiger partial charge in [0, 0.05) is 11.8 Å². The number of thiazole rings is 1. The van der Waals surface area contributed by atoms with Crippen molar-refractivity contribution < 1.29 is 14.7 Å². The summed E-state index contributed by atoms with van der Waals surface area (Å²) in [6.07, 6.45) is 1.01. The number of carbonyl (C=O) groups is 2. The molecular weight excluding hydrogens is 266 g/mol. The predicted molar refractivity (Wildman–Crippen MR) is 73.2 cm³/mol. The van der Waals surface area contributed by atoms with E-state index in [2.05, 4.69) is 10.3 Å². The highest BCUT2D eigenvalue weighted by molar-refractivity contribution is 7.09. The van der Waals surface area contributed by atoms with Gasteiger partial charge in [-0.3, -0.25) is 4.79 Å². The van der Waals surface area contributed by atoms with Crippen molar-refractivity contribution in [1.29, 1.82) is 0 Å². The summed E-state index contributed by atoms with van der Waals surface area (Å²) in [6, 6.07) is -0.882. The summed E-state index contributed by atoms with van der Waals surface area (Å²) in [5.41, 5.74) is 5.66. The Morgan fingerprint density at radius 2 is 2.21 bits per heavy atom. The summed E-state index contributed by atoms with van der Waals surface area (Å²) in [4.78, 5) is 27.1. The Morgan fingerprint density at radius 1 is 1.53 bits per heavy atom. The molecule has 6 nitrogen and oxygen atoms in total. The van der Waals surface area contributed by atoms with Gasteiger partial charge in [0.15, 0.2) is 0 Å². The number of hydrogen-bond donors (Lipinski definition) is 3. The van der Waals surface area contributed by atoms with Crippen molar-refractivity contribution >= 4 is 23.2 Å². The molecule has 7 heteroatoms. The van der Waals surface area contributed by atoms with Crippen molar-refractivity contribution in [2.45, 2.75) is 32.7 Å². The zero-order valence-corrected chi connectivity index (χ0v) is 11.9. The van der Waals surface area contributed by atoms with E-state index in [0.29, 0.717) is 19.4 Å². The van der Waals surface area contributed by atoms with Crippen LogP contribution in [0.4, 0.5) is 0 Å². The maximum Gasteiger partial charge on any atom is 0.326 e. The van der Waals surface area contributed by atoms with Crippen LogP contribution in [0.5, 0.6) is 0 Å². The van der Waals surface area contributed by atoms with E-state index in [1.807, 2.05) is 13.8 Å². The molecule has 1 unspecified atom stereocenters. The maximum atomic E-state index is 11.9. The minimum absolute atomic E-state index is 0.185. The van der Waals surface area contributed by atoms with Gasteiger partial charge in [-0.1, -0.05) is 13.8 Å². The maximum absolute atomic E-state index is 11.9. The third kappa shape index (κ3) is 4.96. The smallest absolute Gasteiger partial charge is 0.326 e. The van der Waals surface area contributed by atoms with Gasteiger partial charge in [-0.05, 0) is 18.9 Å². The number of carboxylic acids is 1. The van der Waals surface area contributed by atoms with Crippen molar-refractivity contribution in [2.75, 3.05) is 6.54 Å². The second kappa shape index (κ2) is 7.20. The molecule has 1 aromatic heterocycles. The van der Waals surface area contributed by atoms with E-state index in [1.54, 1.807) is 5.38 Å². The lowest BCUT2D eigenvalue weighted by molar-refractivity contribution is -0.139. The molecule has 0 bridgehead atoms. The highest BCUT2D eigenvalue weighted by atomic mass is 32.1.